The molecular weight excluding hydrogens is 590 g/mol. The summed E-state index contributed by atoms with van der Waals surface area (Å²) < 4.78 is 91.9. The van der Waals surface area contributed by atoms with Crippen molar-refractivity contribution in [1.29, 1.82) is 0 Å². The number of para-hydroxylation sites is 1. The second kappa shape index (κ2) is 13.8. The molecule has 3 unspecified atom stereocenters. The van der Waals surface area contributed by atoms with Crippen LogP contribution in [0.1, 0.15) is 70.8 Å². The van der Waals surface area contributed by atoms with Crippen molar-refractivity contribution in [1.82, 2.24) is 15.5 Å². The van der Waals surface area contributed by atoms with Gasteiger partial charge in [-0.25, -0.2) is 4.79 Å². The molecule has 44 heavy (non-hydrogen) atoms. The van der Waals surface area contributed by atoms with Gasteiger partial charge in [0.25, 0.3) is 0 Å². The molecule has 2 amide bonds. The number of carbonyl (C=O) groups is 1. The third kappa shape index (κ3) is 7.53. The van der Waals surface area contributed by atoms with Crippen LogP contribution in [0.2, 0.25) is 0 Å². The van der Waals surface area contributed by atoms with Crippen LogP contribution >= 0.6 is 0 Å². The van der Waals surface area contributed by atoms with Gasteiger partial charge in [-0.2, -0.15) is 13.2 Å². The molecule has 0 bridgehead atoms. The second-order valence-electron chi connectivity index (χ2n) is 11.4. The molecule has 2 aromatic carbocycles. The number of hydrogen-bond acceptors (Lipinski definition) is 5. The number of rotatable bonds is 12. The van der Waals surface area contributed by atoms with Crippen LogP contribution in [0.5, 0.6) is 11.5 Å². The van der Waals surface area contributed by atoms with Gasteiger partial charge in [0.2, 0.25) is 0 Å². The lowest BCUT2D eigenvalue weighted by Crippen LogP contribution is -2.67. The monoisotopic (exact) mass is 630 g/mol. The second-order valence-corrected chi connectivity index (χ2v) is 11.4. The molecule has 244 valence electrons. The highest BCUT2D eigenvalue weighted by Gasteiger charge is 2.65. The van der Waals surface area contributed by atoms with Gasteiger partial charge < -0.3 is 20.1 Å². The fourth-order valence-electron chi connectivity index (χ4n) is 6.30. The van der Waals surface area contributed by atoms with Gasteiger partial charge >= 0.3 is 18.6 Å². The minimum absolute atomic E-state index is 0.0403. The van der Waals surface area contributed by atoms with Crippen LogP contribution in [-0.2, 0) is 5.54 Å². The van der Waals surface area contributed by atoms with Gasteiger partial charge in [0.05, 0.1) is 5.54 Å². The quantitative estimate of drug-likeness (QED) is 0.166. The molecule has 0 radical (unpaired) electrons. The summed E-state index contributed by atoms with van der Waals surface area (Å²) in [5.74, 6) is -0.327. The molecule has 2 aliphatic rings. The third-order valence-corrected chi connectivity index (χ3v) is 8.53. The van der Waals surface area contributed by atoms with E-state index in [1.54, 1.807) is 19.1 Å². The summed E-state index contributed by atoms with van der Waals surface area (Å²) in [6.45, 7) is 4.86. The van der Waals surface area contributed by atoms with Crippen LogP contribution in [0.25, 0.3) is 0 Å². The number of amides is 2. The fourth-order valence-corrected chi connectivity index (χ4v) is 6.30. The predicted molar refractivity (Wildman–Crippen MR) is 154 cm³/mol. The summed E-state index contributed by atoms with van der Waals surface area (Å²) in [7, 11) is 0. The average molecular weight is 631 g/mol. The number of likely N-dealkylation sites (tertiary alicyclic amines) is 1. The van der Waals surface area contributed by atoms with Crippen molar-refractivity contribution in [3.05, 3.63) is 54.1 Å². The molecule has 2 saturated heterocycles. The summed E-state index contributed by atoms with van der Waals surface area (Å²) in [5, 5.41) is 8.98. The fraction of sp³-hybridized carbons (Fsp3) is 0.581. The Kier molecular flexibility index (Phi) is 10.6. The van der Waals surface area contributed by atoms with E-state index in [4.69, 9.17) is 4.74 Å². The van der Waals surface area contributed by atoms with Crippen molar-refractivity contribution in [2.24, 2.45) is 0 Å². The van der Waals surface area contributed by atoms with Gasteiger partial charge in [0.1, 0.15) is 17.0 Å². The summed E-state index contributed by atoms with van der Waals surface area (Å²) in [5.41, 5.74) is -2.86. The zero-order valence-corrected chi connectivity index (χ0v) is 24.9. The van der Waals surface area contributed by atoms with Crippen molar-refractivity contribution >= 4 is 11.7 Å². The van der Waals surface area contributed by atoms with Crippen LogP contribution in [0.3, 0.4) is 0 Å². The van der Waals surface area contributed by atoms with E-state index in [1.165, 1.54) is 29.2 Å². The predicted octanol–water partition coefficient (Wildman–Crippen LogP) is 7.69. The molecule has 0 spiro atoms. The lowest BCUT2D eigenvalue weighted by Gasteiger charge is -2.54. The number of benzene rings is 2. The van der Waals surface area contributed by atoms with Crippen LogP contribution in [0.15, 0.2) is 48.5 Å². The van der Waals surface area contributed by atoms with E-state index in [2.05, 4.69) is 27.6 Å². The first-order valence-electron chi connectivity index (χ1n) is 15.1. The van der Waals surface area contributed by atoms with Gasteiger partial charge in [-0.3, -0.25) is 10.2 Å². The van der Waals surface area contributed by atoms with E-state index in [9.17, 15) is 31.1 Å². The maximum absolute atomic E-state index is 14.7. The Labute approximate surface area is 253 Å². The highest BCUT2D eigenvalue weighted by atomic mass is 19.4. The molecule has 2 aromatic rings. The molecule has 13 heteroatoms. The molecule has 2 aliphatic heterocycles. The molecule has 4 rings (SSSR count). The number of urea groups is 1. The zero-order chi connectivity index (χ0) is 32.0. The molecule has 3 atom stereocenters. The van der Waals surface area contributed by atoms with Crippen LogP contribution in [0.4, 0.5) is 36.8 Å². The first-order valence-corrected chi connectivity index (χ1v) is 15.1. The lowest BCUT2D eigenvalue weighted by atomic mass is 9.76. The molecule has 0 aliphatic carbocycles. The van der Waals surface area contributed by atoms with Crippen molar-refractivity contribution < 1.29 is 40.6 Å². The Balaban J connectivity index is 1.60. The highest BCUT2D eigenvalue weighted by molar-refractivity contribution is 5.89. The topological polar surface area (TPSA) is 74.9 Å². The van der Waals surface area contributed by atoms with Crippen molar-refractivity contribution in [3.8, 4) is 11.5 Å². The number of nitrogens with zero attached hydrogens (tertiary/aromatic N) is 1. The van der Waals surface area contributed by atoms with Crippen molar-refractivity contribution in [3.63, 3.8) is 0 Å². The Morgan fingerprint density at radius 3 is 2.34 bits per heavy atom. The average Bonchev–Trinajstić information content (AvgIpc) is 2.93. The van der Waals surface area contributed by atoms with E-state index >= 15 is 0 Å². The number of nitrogens with one attached hydrogen (secondary N) is 3. The van der Waals surface area contributed by atoms with E-state index in [0.717, 1.165) is 37.8 Å². The maximum atomic E-state index is 14.7. The number of alkyl halides is 6. The van der Waals surface area contributed by atoms with Gasteiger partial charge in [-0.1, -0.05) is 57.7 Å². The first kappa shape index (κ1) is 33.7. The number of ether oxygens (including phenoxy) is 2. The van der Waals surface area contributed by atoms with Gasteiger partial charge in [0.15, 0.2) is 6.23 Å². The van der Waals surface area contributed by atoms with Crippen molar-refractivity contribution in [2.45, 2.75) is 95.1 Å². The Morgan fingerprint density at radius 2 is 1.73 bits per heavy atom. The van der Waals surface area contributed by atoms with E-state index in [1.807, 2.05) is 0 Å². The van der Waals surface area contributed by atoms with E-state index < -0.39 is 41.6 Å². The molecule has 0 aromatic heterocycles. The Bertz CT molecular complexity index is 1240. The van der Waals surface area contributed by atoms with Gasteiger partial charge in [0, 0.05) is 17.8 Å². The van der Waals surface area contributed by atoms with E-state index in [-0.39, 0.29) is 30.0 Å². The zero-order valence-electron chi connectivity index (χ0n) is 24.9. The number of anilines is 1. The normalized spacial score (nSPS) is 24.3. The van der Waals surface area contributed by atoms with Crippen molar-refractivity contribution in [2.75, 3.05) is 25.0 Å². The summed E-state index contributed by atoms with van der Waals surface area (Å²) in [4.78, 5) is 14.7. The number of hydrogen-bond donors (Lipinski definition) is 3. The molecule has 2 heterocycles. The number of piperidine rings is 1. The Morgan fingerprint density at radius 1 is 1.00 bits per heavy atom. The standard InChI is InChI=1S/C31H40F6N4O3/c1-3-5-6-9-17-28(40-27(42)39-22-13-15-23(16-14-22)44-31(35,36)37)18-10-20-38-26(28)43-25-12-8-7-11-24(25)29(30(32,33)34)19-21-41(29)4-2/h7-8,11-16,26,38H,3-6,9-10,17-21H2,1-2H3,(H2,39,40,42). The highest BCUT2D eigenvalue weighted by Crippen LogP contribution is 2.54. The largest absolute Gasteiger partial charge is 0.573 e. The summed E-state index contributed by atoms with van der Waals surface area (Å²) >= 11 is 0. The number of unbranched alkanes of at least 4 members (excludes halogenated alkanes) is 3. The van der Waals surface area contributed by atoms with Gasteiger partial charge in [-0.15, -0.1) is 13.2 Å². The summed E-state index contributed by atoms with van der Waals surface area (Å²) in [6.07, 6.45) is -4.97. The molecular formula is C31H40F6N4O3. The number of halogens is 6. The first-order chi connectivity index (χ1) is 20.8. The van der Waals surface area contributed by atoms with Crippen LogP contribution in [-0.4, -0.2) is 54.9 Å². The van der Waals surface area contributed by atoms with Gasteiger partial charge in [-0.05, 0) is 69.1 Å². The maximum Gasteiger partial charge on any atom is 0.573 e. The molecule has 2 fully saturated rings. The summed E-state index contributed by atoms with van der Waals surface area (Å²) in [6, 6.07) is 10.3. The van der Waals surface area contributed by atoms with Crippen LogP contribution < -0.4 is 25.4 Å². The molecule has 0 saturated carbocycles. The SMILES string of the molecule is CCCCCCC1(NC(=O)Nc2ccc(OC(F)(F)F)cc2)CCCNC1Oc1ccccc1C1(C(F)(F)F)CCN1CC. The Hall–Kier alpha value is -3.19. The molecule has 7 nitrogen and oxygen atoms in total. The lowest BCUT2D eigenvalue weighted by molar-refractivity contribution is -0.274. The molecule has 3 N–H and O–H groups in total. The number of carbonyl (C=O) groups excluding carboxylic acids is 1. The smallest absolute Gasteiger partial charge is 0.472 e. The van der Waals surface area contributed by atoms with Crippen LogP contribution in [0, 0.1) is 0 Å². The minimum atomic E-state index is -4.84. The minimum Gasteiger partial charge on any atom is -0.472 e. The van der Waals surface area contributed by atoms with E-state index in [0.29, 0.717) is 32.4 Å². The third-order valence-electron chi connectivity index (χ3n) is 8.53.